The van der Waals surface area contributed by atoms with E-state index in [-0.39, 0.29) is 29.6 Å². The lowest BCUT2D eigenvalue weighted by Crippen LogP contribution is -2.35. The zero-order chi connectivity index (χ0) is 20.2. The SMILES string of the molecule is COC(=O)N1C2C(C(OC(=O)c3ccc(C)cc3)c3ccccc3)CC3C=CC321. The fraction of sp³-hybridized carbons (Fsp3) is 0.333. The number of carbonyl (C=O) groups excluding carboxylic acids is 2. The number of likely N-dealkylation sites (tertiary alicyclic amines) is 1. The smallest absolute Gasteiger partial charge is 0.410 e. The molecule has 2 fully saturated rings. The molecule has 148 valence electrons. The van der Waals surface area contributed by atoms with Crippen molar-refractivity contribution >= 4 is 12.1 Å². The summed E-state index contributed by atoms with van der Waals surface area (Å²) >= 11 is 0. The van der Waals surface area contributed by atoms with E-state index in [4.69, 9.17) is 9.47 Å². The average Bonchev–Trinajstić information content (AvgIpc) is 3.39. The van der Waals surface area contributed by atoms with Crippen LogP contribution in [0.3, 0.4) is 0 Å². The molecule has 1 heterocycles. The first-order valence-electron chi connectivity index (χ1n) is 9.95. The highest BCUT2D eigenvalue weighted by atomic mass is 16.6. The summed E-state index contributed by atoms with van der Waals surface area (Å²) in [5, 5.41) is 0. The summed E-state index contributed by atoms with van der Waals surface area (Å²) in [6.45, 7) is 1.98. The fourth-order valence-electron chi connectivity index (χ4n) is 5.15. The molecule has 1 amide bonds. The molecule has 5 atom stereocenters. The Morgan fingerprint density at radius 2 is 1.83 bits per heavy atom. The standard InChI is InChI=1S/C24H23NO4/c1-15-8-10-17(11-9-15)22(26)29-20(16-6-4-3-5-7-16)19-14-18-12-13-24(18)21(19)25(24)23(27)28-2/h3-13,18-21H,14H2,1-2H3. The molecule has 1 saturated carbocycles. The third-order valence-electron chi connectivity index (χ3n) is 6.63. The lowest BCUT2D eigenvalue weighted by atomic mass is 9.83. The molecule has 5 heteroatoms. The van der Waals surface area contributed by atoms with Gasteiger partial charge < -0.3 is 9.47 Å². The quantitative estimate of drug-likeness (QED) is 0.445. The Balaban J connectivity index is 1.45. The van der Waals surface area contributed by atoms with Crippen molar-refractivity contribution in [3.05, 3.63) is 83.4 Å². The number of methoxy groups -OCH3 is 1. The van der Waals surface area contributed by atoms with Crippen LogP contribution in [0, 0.1) is 18.8 Å². The van der Waals surface area contributed by atoms with Crippen LogP contribution in [0.5, 0.6) is 0 Å². The number of hydrogen-bond acceptors (Lipinski definition) is 4. The zero-order valence-electron chi connectivity index (χ0n) is 16.4. The molecular formula is C24H23NO4. The number of aryl methyl sites for hydroxylation is 1. The van der Waals surface area contributed by atoms with Crippen molar-refractivity contribution in [3.63, 3.8) is 0 Å². The Labute approximate surface area is 169 Å². The summed E-state index contributed by atoms with van der Waals surface area (Å²) in [7, 11) is 1.41. The molecule has 29 heavy (non-hydrogen) atoms. The molecule has 1 saturated heterocycles. The van der Waals surface area contributed by atoms with Gasteiger partial charge in [-0.3, -0.25) is 4.90 Å². The van der Waals surface area contributed by atoms with E-state index < -0.39 is 6.10 Å². The Morgan fingerprint density at radius 3 is 2.45 bits per heavy atom. The van der Waals surface area contributed by atoms with Crippen molar-refractivity contribution in [1.29, 1.82) is 0 Å². The van der Waals surface area contributed by atoms with Gasteiger partial charge in [0.15, 0.2) is 0 Å². The topological polar surface area (TPSA) is 55.6 Å². The number of ether oxygens (including phenoxy) is 2. The molecule has 3 aliphatic rings. The minimum absolute atomic E-state index is 0.000902. The molecule has 0 aromatic heterocycles. The summed E-state index contributed by atoms with van der Waals surface area (Å²) in [5.41, 5.74) is 2.33. The molecule has 1 spiro atoms. The van der Waals surface area contributed by atoms with Crippen molar-refractivity contribution < 1.29 is 19.1 Å². The van der Waals surface area contributed by atoms with E-state index in [2.05, 4.69) is 12.2 Å². The van der Waals surface area contributed by atoms with Crippen LogP contribution in [0.15, 0.2) is 66.7 Å². The van der Waals surface area contributed by atoms with E-state index in [9.17, 15) is 9.59 Å². The highest BCUT2D eigenvalue weighted by molar-refractivity contribution is 5.89. The van der Waals surface area contributed by atoms with E-state index in [1.807, 2.05) is 54.3 Å². The molecule has 5 rings (SSSR count). The molecule has 0 bridgehead atoms. The van der Waals surface area contributed by atoms with Crippen LogP contribution in [0.2, 0.25) is 0 Å². The number of nitrogens with zero attached hydrogens (tertiary/aromatic N) is 1. The van der Waals surface area contributed by atoms with Crippen molar-refractivity contribution in [3.8, 4) is 0 Å². The zero-order valence-corrected chi connectivity index (χ0v) is 16.4. The maximum absolute atomic E-state index is 12.9. The molecule has 5 nitrogen and oxygen atoms in total. The van der Waals surface area contributed by atoms with Gasteiger partial charge in [0, 0.05) is 11.8 Å². The van der Waals surface area contributed by atoms with Gasteiger partial charge in [0.1, 0.15) is 6.10 Å². The minimum Gasteiger partial charge on any atom is -0.454 e. The first kappa shape index (κ1) is 18.0. The number of carbonyl (C=O) groups is 2. The van der Waals surface area contributed by atoms with Gasteiger partial charge in [0.2, 0.25) is 0 Å². The predicted octanol–water partition coefficient (Wildman–Crippen LogP) is 4.29. The number of rotatable bonds is 4. The third-order valence-corrected chi connectivity index (χ3v) is 6.63. The summed E-state index contributed by atoms with van der Waals surface area (Å²) in [6.07, 6.45) is 4.40. The van der Waals surface area contributed by atoms with Gasteiger partial charge in [-0.15, -0.1) is 0 Å². The summed E-state index contributed by atoms with van der Waals surface area (Å²) in [4.78, 5) is 27.0. The minimum atomic E-state index is -0.422. The van der Waals surface area contributed by atoms with Crippen LogP contribution in [0.4, 0.5) is 4.79 Å². The summed E-state index contributed by atoms with van der Waals surface area (Å²) in [5.74, 6) is -0.0304. The van der Waals surface area contributed by atoms with E-state index >= 15 is 0 Å². The Hall–Kier alpha value is -3.08. The van der Waals surface area contributed by atoms with Gasteiger partial charge in [0.05, 0.1) is 24.3 Å². The second kappa shape index (κ2) is 6.48. The first-order valence-corrected chi connectivity index (χ1v) is 9.95. The van der Waals surface area contributed by atoms with Gasteiger partial charge in [-0.05, 0) is 31.0 Å². The predicted molar refractivity (Wildman–Crippen MR) is 107 cm³/mol. The molecule has 2 aromatic carbocycles. The van der Waals surface area contributed by atoms with Crippen molar-refractivity contribution in [2.24, 2.45) is 11.8 Å². The summed E-state index contributed by atoms with van der Waals surface area (Å²) in [6, 6.07) is 17.2. The molecule has 5 unspecified atom stereocenters. The van der Waals surface area contributed by atoms with Gasteiger partial charge in [-0.25, -0.2) is 9.59 Å². The Kier molecular flexibility index (Phi) is 4.02. The highest BCUT2D eigenvalue weighted by Gasteiger charge is 2.78. The second-order valence-electron chi connectivity index (χ2n) is 8.14. The van der Waals surface area contributed by atoms with Gasteiger partial charge in [0.25, 0.3) is 0 Å². The maximum Gasteiger partial charge on any atom is 0.410 e. The molecule has 0 radical (unpaired) electrons. The number of benzene rings is 2. The molecule has 0 N–H and O–H groups in total. The summed E-state index contributed by atoms with van der Waals surface area (Å²) < 4.78 is 11.1. The lowest BCUT2D eigenvalue weighted by molar-refractivity contribution is 0.00938. The van der Waals surface area contributed by atoms with Crippen LogP contribution in [-0.4, -0.2) is 35.7 Å². The van der Waals surface area contributed by atoms with E-state index in [1.54, 1.807) is 12.1 Å². The normalized spacial score (nSPS) is 29.3. The largest absolute Gasteiger partial charge is 0.454 e. The molecule has 1 aliphatic heterocycles. The van der Waals surface area contributed by atoms with Crippen molar-refractivity contribution in [2.75, 3.05) is 7.11 Å². The maximum atomic E-state index is 12.9. The number of amides is 1. The van der Waals surface area contributed by atoms with Crippen LogP contribution < -0.4 is 0 Å². The van der Waals surface area contributed by atoms with E-state index in [1.165, 1.54) is 7.11 Å². The Morgan fingerprint density at radius 1 is 1.10 bits per heavy atom. The van der Waals surface area contributed by atoms with E-state index in [0.717, 1.165) is 17.5 Å². The third kappa shape index (κ3) is 2.60. The monoisotopic (exact) mass is 389 g/mol. The van der Waals surface area contributed by atoms with Crippen LogP contribution >= 0.6 is 0 Å². The molecule has 2 aliphatic carbocycles. The molecular weight excluding hydrogens is 366 g/mol. The van der Waals surface area contributed by atoms with Gasteiger partial charge in [-0.2, -0.15) is 0 Å². The van der Waals surface area contributed by atoms with E-state index in [0.29, 0.717) is 11.5 Å². The highest BCUT2D eigenvalue weighted by Crippen LogP contribution is 2.67. The molecule has 2 aromatic rings. The number of esters is 1. The first-order chi connectivity index (χ1) is 14.1. The van der Waals surface area contributed by atoms with Gasteiger partial charge in [-0.1, -0.05) is 60.2 Å². The lowest BCUT2D eigenvalue weighted by Gasteiger charge is -2.31. The Bertz CT molecular complexity index is 984. The number of piperidine rings is 1. The number of hydrogen-bond donors (Lipinski definition) is 0. The average molecular weight is 389 g/mol. The second-order valence-corrected chi connectivity index (χ2v) is 8.14. The van der Waals surface area contributed by atoms with Gasteiger partial charge >= 0.3 is 12.1 Å². The van der Waals surface area contributed by atoms with Crippen LogP contribution in [0.25, 0.3) is 0 Å². The van der Waals surface area contributed by atoms with Crippen molar-refractivity contribution in [2.45, 2.75) is 31.0 Å². The van der Waals surface area contributed by atoms with Crippen LogP contribution in [0.1, 0.15) is 34.0 Å². The van der Waals surface area contributed by atoms with Crippen LogP contribution in [-0.2, 0) is 9.47 Å². The fourth-order valence-corrected chi connectivity index (χ4v) is 5.15. The van der Waals surface area contributed by atoms with Crippen molar-refractivity contribution in [1.82, 2.24) is 4.90 Å².